The van der Waals surface area contributed by atoms with Crippen molar-refractivity contribution < 1.29 is 14.0 Å². The lowest BCUT2D eigenvalue weighted by Crippen LogP contribution is -2.36. The summed E-state index contributed by atoms with van der Waals surface area (Å²) in [5.74, 6) is -0.585. The van der Waals surface area contributed by atoms with Crippen LogP contribution in [0, 0.1) is 5.82 Å². The first-order chi connectivity index (χ1) is 13.5. The van der Waals surface area contributed by atoms with Crippen molar-refractivity contribution in [3.63, 3.8) is 0 Å². The lowest BCUT2D eigenvalue weighted by molar-refractivity contribution is -0.117. The molecule has 0 aliphatic heterocycles. The van der Waals surface area contributed by atoms with Gasteiger partial charge in [0, 0.05) is 18.7 Å². The number of primary amides is 1. The van der Waals surface area contributed by atoms with Crippen molar-refractivity contribution in [3.05, 3.63) is 71.0 Å². The van der Waals surface area contributed by atoms with Crippen LogP contribution in [0.5, 0.6) is 0 Å². The van der Waals surface area contributed by atoms with Gasteiger partial charge < -0.3 is 21.7 Å². The van der Waals surface area contributed by atoms with Gasteiger partial charge in [-0.2, -0.15) is 0 Å². The van der Waals surface area contributed by atoms with Crippen LogP contribution in [-0.2, 0) is 17.9 Å². The molecule has 2 aromatic carbocycles. The van der Waals surface area contributed by atoms with E-state index >= 15 is 0 Å². The minimum absolute atomic E-state index is 0. The minimum atomic E-state index is -0.594. The number of carbonyl (C=O) groups excluding carboxylic acids is 2. The topological polar surface area (TPSA) is 109 Å². The van der Waals surface area contributed by atoms with E-state index in [1.807, 2.05) is 6.92 Å². The summed E-state index contributed by atoms with van der Waals surface area (Å²) in [6.45, 7) is 3.41. The molecule has 5 N–H and O–H groups in total. The molecule has 0 fully saturated rings. The van der Waals surface area contributed by atoms with Gasteiger partial charge in [-0.05, 0) is 42.3 Å². The third-order valence-corrected chi connectivity index (χ3v) is 3.78. The van der Waals surface area contributed by atoms with Crippen LogP contribution in [-0.4, -0.2) is 30.9 Å². The second kappa shape index (κ2) is 12.7. The van der Waals surface area contributed by atoms with E-state index in [4.69, 9.17) is 5.73 Å². The lowest BCUT2D eigenvalue weighted by atomic mass is 10.1. The molecule has 156 valence electrons. The third-order valence-electron chi connectivity index (χ3n) is 3.78. The number of nitrogens with zero attached hydrogens (tertiary/aromatic N) is 1. The van der Waals surface area contributed by atoms with Gasteiger partial charge in [-0.15, -0.1) is 24.0 Å². The third kappa shape index (κ3) is 8.90. The molecule has 2 aromatic rings. The summed E-state index contributed by atoms with van der Waals surface area (Å²) in [4.78, 5) is 27.1. The summed E-state index contributed by atoms with van der Waals surface area (Å²) in [6.07, 6.45) is 0. The maximum absolute atomic E-state index is 13.0. The molecule has 7 nitrogen and oxygen atoms in total. The molecular weight excluding hydrogens is 488 g/mol. The van der Waals surface area contributed by atoms with Gasteiger partial charge in [0.15, 0.2) is 5.96 Å². The molecule has 9 heteroatoms. The van der Waals surface area contributed by atoms with Gasteiger partial charge in [0.2, 0.25) is 5.91 Å². The molecule has 2 rings (SSSR count). The smallest absolute Gasteiger partial charge is 0.251 e. The Labute approximate surface area is 186 Å². The van der Waals surface area contributed by atoms with Gasteiger partial charge in [-0.1, -0.05) is 24.3 Å². The molecule has 0 aromatic heterocycles. The lowest BCUT2D eigenvalue weighted by Gasteiger charge is -2.11. The number of nitrogens with one attached hydrogen (secondary N) is 3. The quantitative estimate of drug-likeness (QED) is 0.246. The predicted octanol–water partition coefficient (Wildman–Crippen LogP) is 1.91. The molecule has 2 amide bonds. The SMILES string of the molecule is CCNC(=NCc1ccc(C(=O)NCC(N)=O)cc1)NCc1ccc(F)cc1.I. The average Bonchev–Trinajstić information content (AvgIpc) is 2.70. The molecule has 0 atom stereocenters. The van der Waals surface area contributed by atoms with Gasteiger partial charge >= 0.3 is 0 Å². The molecule has 0 aliphatic carbocycles. The number of rotatable bonds is 8. The molecule has 0 saturated carbocycles. The summed E-state index contributed by atoms with van der Waals surface area (Å²) in [7, 11) is 0. The fraction of sp³-hybridized carbons (Fsp3) is 0.250. The maximum atomic E-state index is 13.0. The number of amides is 2. The van der Waals surface area contributed by atoms with Crippen molar-refractivity contribution in [2.45, 2.75) is 20.0 Å². The highest BCUT2D eigenvalue weighted by Crippen LogP contribution is 2.06. The molecule has 0 aliphatic rings. The van der Waals surface area contributed by atoms with Crippen LogP contribution in [0.3, 0.4) is 0 Å². The van der Waals surface area contributed by atoms with Gasteiger partial charge in [0.05, 0.1) is 13.1 Å². The van der Waals surface area contributed by atoms with Gasteiger partial charge in [-0.3, -0.25) is 9.59 Å². The number of halogens is 2. The number of guanidine groups is 1. The normalized spacial score (nSPS) is 10.6. The number of hydrogen-bond acceptors (Lipinski definition) is 3. The van der Waals surface area contributed by atoms with E-state index in [1.165, 1.54) is 12.1 Å². The number of benzene rings is 2. The zero-order chi connectivity index (χ0) is 20.4. The van der Waals surface area contributed by atoms with Crippen molar-refractivity contribution in [2.24, 2.45) is 10.7 Å². The van der Waals surface area contributed by atoms with Crippen LogP contribution < -0.4 is 21.7 Å². The van der Waals surface area contributed by atoms with E-state index in [1.54, 1.807) is 36.4 Å². The average molecular weight is 513 g/mol. The predicted molar refractivity (Wildman–Crippen MR) is 121 cm³/mol. The van der Waals surface area contributed by atoms with E-state index in [0.29, 0.717) is 31.2 Å². The summed E-state index contributed by atoms with van der Waals surface area (Å²) < 4.78 is 13.0. The molecule has 0 bridgehead atoms. The Hall–Kier alpha value is -2.69. The van der Waals surface area contributed by atoms with Gasteiger partial charge in [0.25, 0.3) is 5.91 Å². The molecule has 29 heavy (non-hydrogen) atoms. The van der Waals surface area contributed by atoms with Crippen LogP contribution in [0.4, 0.5) is 4.39 Å². The first-order valence-electron chi connectivity index (χ1n) is 8.90. The van der Waals surface area contributed by atoms with Crippen molar-refractivity contribution in [1.29, 1.82) is 0 Å². The fourth-order valence-corrected chi connectivity index (χ4v) is 2.33. The summed E-state index contributed by atoms with van der Waals surface area (Å²) in [5.41, 5.74) is 7.31. The van der Waals surface area contributed by atoms with Crippen LogP contribution in [0.25, 0.3) is 0 Å². The monoisotopic (exact) mass is 513 g/mol. The molecule has 0 unspecified atom stereocenters. The highest BCUT2D eigenvalue weighted by molar-refractivity contribution is 14.0. The summed E-state index contributed by atoms with van der Waals surface area (Å²) >= 11 is 0. The number of nitrogens with two attached hydrogens (primary N) is 1. The van der Waals surface area contributed by atoms with Crippen molar-refractivity contribution in [1.82, 2.24) is 16.0 Å². The Kier molecular flexibility index (Phi) is 10.7. The Balaban J connectivity index is 0.00000420. The van der Waals surface area contributed by atoms with E-state index < -0.39 is 5.91 Å². The maximum Gasteiger partial charge on any atom is 0.251 e. The molecular formula is C20H25FIN5O2. The number of carbonyl (C=O) groups is 2. The molecule has 0 saturated heterocycles. The van der Waals surface area contributed by atoms with E-state index in [-0.39, 0.29) is 42.2 Å². The van der Waals surface area contributed by atoms with Crippen LogP contribution >= 0.6 is 24.0 Å². The Bertz CT molecular complexity index is 826. The van der Waals surface area contributed by atoms with Crippen LogP contribution in [0.1, 0.15) is 28.4 Å². The van der Waals surface area contributed by atoms with Gasteiger partial charge in [0.1, 0.15) is 5.82 Å². The first-order valence-corrected chi connectivity index (χ1v) is 8.90. The minimum Gasteiger partial charge on any atom is -0.368 e. The molecule has 0 spiro atoms. The fourth-order valence-electron chi connectivity index (χ4n) is 2.33. The number of hydrogen-bond donors (Lipinski definition) is 4. The second-order valence-electron chi connectivity index (χ2n) is 6.02. The second-order valence-corrected chi connectivity index (χ2v) is 6.02. The highest BCUT2D eigenvalue weighted by Gasteiger charge is 2.06. The van der Waals surface area contributed by atoms with E-state index in [0.717, 1.165) is 11.1 Å². The zero-order valence-electron chi connectivity index (χ0n) is 16.1. The Morgan fingerprint density at radius 2 is 1.59 bits per heavy atom. The zero-order valence-corrected chi connectivity index (χ0v) is 18.4. The van der Waals surface area contributed by atoms with Gasteiger partial charge in [-0.25, -0.2) is 9.38 Å². The molecule has 0 heterocycles. The van der Waals surface area contributed by atoms with E-state index in [2.05, 4.69) is 20.9 Å². The van der Waals surface area contributed by atoms with E-state index in [9.17, 15) is 14.0 Å². The highest BCUT2D eigenvalue weighted by atomic mass is 127. The van der Waals surface area contributed by atoms with Crippen LogP contribution in [0.2, 0.25) is 0 Å². The first kappa shape index (κ1) is 24.3. The number of aliphatic imine (C=N–C) groups is 1. The van der Waals surface area contributed by atoms with Crippen LogP contribution in [0.15, 0.2) is 53.5 Å². The standard InChI is InChI=1S/C20H24FN5O2.HI/c1-2-23-20(26-12-15-5-9-17(21)10-6-15)25-11-14-3-7-16(8-4-14)19(28)24-13-18(22)27;/h3-10H,2,11-13H2,1H3,(H2,22,27)(H,24,28)(H2,23,25,26);1H. The summed E-state index contributed by atoms with van der Waals surface area (Å²) in [5, 5.41) is 8.78. The van der Waals surface area contributed by atoms with Crippen molar-refractivity contribution in [2.75, 3.05) is 13.1 Å². The van der Waals surface area contributed by atoms with Crippen molar-refractivity contribution in [3.8, 4) is 0 Å². The largest absolute Gasteiger partial charge is 0.368 e. The Morgan fingerprint density at radius 1 is 0.966 bits per heavy atom. The summed E-state index contributed by atoms with van der Waals surface area (Å²) in [6, 6.07) is 13.2. The Morgan fingerprint density at radius 3 is 2.17 bits per heavy atom. The van der Waals surface area contributed by atoms with Crippen molar-refractivity contribution >= 4 is 41.8 Å². The molecule has 0 radical (unpaired) electrons.